The van der Waals surface area contributed by atoms with E-state index in [4.69, 9.17) is 4.74 Å². The SMILES string of the molecule is COCCCN(C)CC1CCCN1c1ccccc1. The number of ether oxygens (including phenoxy) is 1. The van der Waals surface area contributed by atoms with E-state index in [1.54, 1.807) is 7.11 Å². The second-order valence-corrected chi connectivity index (χ2v) is 5.43. The van der Waals surface area contributed by atoms with Crippen LogP contribution in [0, 0.1) is 0 Å². The summed E-state index contributed by atoms with van der Waals surface area (Å²) >= 11 is 0. The lowest BCUT2D eigenvalue weighted by Crippen LogP contribution is -2.39. The molecule has 0 aliphatic carbocycles. The van der Waals surface area contributed by atoms with E-state index in [0.717, 1.165) is 26.1 Å². The molecule has 106 valence electrons. The lowest BCUT2D eigenvalue weighted by molar-refractivity contribution is 0.177. The fraction of sp³-hybridized carbons (Fsp3) is 0.625. The number of para-hydroxylation sites is 1. The van der Waals surface area contributed by atoms with Gasteiger partial charge in [-0.25, -0.2) is 0 Å². The standard InChI is InChI=1S/C16H26N2O/c1-17(11-7-13-19-2)14-16-10-6-12-18(16)15-8-4-3-5-9-15/h3-5,8-9,16H,6-7,10-14H2,1-2H3. The average Bonchev–Trinajstić information content (AvgIpc) is 2.88. The van der Waals surface area contributed by atoms with E-state index in [-0.39, 0.29) is 0 Å². The first-order valence-corrected chi connectivity index (χ1v) is 7.30. The van der Waals surface area contributed by atoms with Crippen molar-refractivity contribution in [3.05, 3.63) is 30.3 Å². The van der Waals surface area contributed by atoms with E-state index >= 15 is 0 Å². The Bertz CT molecular complexity index is 355. The van der Waals surface area contributed by atoms with E-state index < -0.39 is 0 Å². The molecule has 0 bridgehead atoms. The van der Waals surface area contributed by atoms with E-state index in [0.29, 0.717) is 6.04 Å². The van der Waals surface area contributed by atoms with Crippen LogP contribution < -0.4 is 4.90 Å². The highest BCUT2D eigenvalue weighted by Gasteiger charge is 2.25. The molecule has 3 heteroatoms. The van der Waals surface area contributed by atoms with Gasteiger partial charge in [-0.3, -0.25) is 0 Å². The van der Waals surface area contributed by atoms with Crippen LogP contribution in [0.2, 0.25) is 0 Å². The molecule has 1 aromatic rings. The number of nitrogens with zero attached hydrogens (tertiary/aromatic N) is 2. The first-order chi connectivity index (χ1) is 9.31. The normalized spacial score (nSPS) is 19.3. The zero-order valence-corrected chi connectivity index (χ0v) is 12.2. The molecule has 0 saturated carbocycles. The van der Waals surface area contributed by atoms with Crippen LogP contribution in [0.5, 0.6) is 0 Å². The summed E-state index contributed by atoms with van der Waals surface area (Å²) in [5.74, 6) is 0. The molecule has 1 unspecified atom stereocenters. The number of hydrogen-bond acceptors (Lipinski definition) is 3. The van der Waals surface area contributed by atoms with Crippen LogP contribution >= 0.6 is 0 Å². The van der Waals surface area contributed by atoms with E-state index in [2.05, 4.69) is 47.2 Å². The second-order valence-electron chi connectivity index (χ2n) is 5.43. The van der Waals surface area contributed by atoms with Crippen molar-refractivity contribution in [2.45, 2.75) is 25.3 Å². The number of rotatable bonds is 7. The Morgan fingerprint density at radius 1 is 1.32 bits per heavy atom. The van der Waals surface area contributed by atoms with Gasteiger partial charge in [-0.15, -0.1) is 0 Å². The highest BCUT2D eigenvalue weighted by atomic mass is 16.5. The molecule has 1 saturated heterocycles. The molecule has 1 atom stereocenters. The van der Waals surface area contributed by atoms with Crippen molar-refractivity contribution < 1.29 is 4.74 Å². The Balaban J connectivity index is 1.85. The largest absolute Gasteiger partial charge is 0.385 e. The van der Waals surface area contributed by atoms with Crippen LogP contribution in [0.1, 0.15) is 19.3 Å². The van der Waals surface area contributed by atoms with Gasteiger partial charge in [0.1, 0.15) is 0 Å². The quantitative estimate of drug-likeness (QED) is 0.703. The van der Waals surface area contributed by atoms with Gasteiger partial charge in [-0.05, 0) is 38.4 Å². The molecule has 0 aromatic heterocycles. The van der Waals surface area contributed by atoms with Crippen LogP contribution in [0.4, 0.5) is 5.69 Å². The average molecular weight is 262 g/mol. The van der Waals surface area contributed by atoms with Gasteiger partial charge in [0.2, 0.25) is 0 Å². The molecule has 1 aromatic carbocycles. The van der Waals surface area contributed by atoms with Gasteiger partial charge in [0.15, 0.2) is 0 Å². The predicted molar refractivity (Wildman–Crippen MR) is 80.8 cm³/mol. The minimum atomic E-state index is 0.662. The second kappa shape index (κ2) is 7.51. The Morgan fingerprint density at radius 2 is 2.11 bits per heavy atom. The van der Waals surface area contributed by atoms with Crippen LogP contribution in [-0.2, 0) is 4.74 Å². The van der Waals surface area contributed by atoms with Crippen LogP contribution in [0.15, 0.2) is 30.3 Å². The smallest absolute Gasteiger partial charge is 0.0474 e. The third-order valence-corrected chi connectivity index (χ3v) is 3.88. The van der Waals surface area contributed by atoms with Crippen LogP contribution in [-0.4, -0.2) is 51.3 Å². The van der Waals surface area contributed by atoms with Gasteiger partial charge in [-0.2, -0.15) is 0 Å². The zero-order chi connectivity index (χ0) is 13.5. The molecule has 0 amide bonds. The number of anilines is 1. The van der Waals surface area contributed by atoms with Crippen molar-refractivity contribution >= 4 is 5.69 Å². The van der Waals surface area contributed by atoms with Crippen LogP contribution in [0.25, 0.3) is 0 Å². The molecule has 19 heavy (non-hydrogen) atoms. The minimum Gasteiger partial charge on any atom is -0.385 e. The first kappa shape index (κ1) is 14.4. The van der Waals surface area contributed by atoms with Gasteiger partial charge < -0.3 is 14.5 Å². The molecule has 1 fully saturated rings. The number of likely N-dealkylation sites (N-methyl/N-ethyl adjacent to an activating group) is 1. The monoisotopic (exact) mass is 262 g/mol. The molecule has 1 heterocycles. The summed E-state index contributed by atoms with van der Waals surface area (Å²) in [5, 5.41) is 0. The summed E-state index contributed by atoms with van der Waals surface area (Å²) in [5.41, 5.74) is 1.37. The zero-order valence-electron chi connectivity index (χ0n) is 12.2. The molecule has 3 nitrogen and oxygen atoms in total. The summed E-state index contributed by atoms with van der Waals surface area (Å²) < 4.78 is 5.12. The lowest BCUT2D eigenvalue weighted by Gasteiger charge is -2.30. The van der Waals surface area contributed by atoms with E-state index in [9.17, 15) is 0 Å². The van der Waals surface area contributed by atoms with Crippen molar-refractivity contribution in [3.8, 4) is 0 Å². The fourth-order valence-corrected chi connectivity index (χ4v) is 2.91. The van der Waals surface area contributed by atoms with Gasteiger partial charge in [0.25, 0.3) is 0 Å². The molecule has 0 N–H and O–H groups in total. The molecular formula is C16H26N2O. The Labute approximate surface area is 117 Å². The third kappa shape index (κ3) is 4.22. The van der Waals surface area contributed by atoms with Crippen molar-refractivity contribution in [3.63, 3.8) is 0 Å². The van der Waals surface area contributed by atoms with Crippen molar-refractivity contribution in [1.82, 2.24) is 4.90 Å². The summed E-state index contributed by atoms with van der Waals surface area (Å²) in [6, 6.07) is 11.5. The number of benzene rings is 1. The number of hydrogen-bond donors (Lipinski definition) is 0. The maximum Gasteiger partial charge on any atom is 0.0474 e. The van der Waals surface area contributed by atoms with E-state index in [1.807, 2.05) is 0 Å². The fourth-order valence-electron chi connectivity index (χ4n) is 2.91. The van der Waals surface area contributed by atoms with Crippen molar-refractivity contribution in [1.29, 1.82) is 0 Å². The lowest BCUT2D eigenvalue weighted by atomic mass is 10.2. The molecule has 0 radical (unpaired) electrons. The molecule has 2 rings (SSSR count). The summed E-state index contributed by atoms with van der Waals surface area (Å²) in [4.78, 5) is 5.00. The first-order valence-electron chi connectivity index (χ1n) is 7.30. The Morgan fingerprint density at radius 3 is 2.84 bits per heavy atom. The predicted octanol–water partition coefficient (Wildman–Crippen LogP) is 2.62. The summed E-state index contributed by atoms with van der Waals surface area (Å²) in [6.45, 7) is 4.32. The molecule has 1 aliphatic heterocycles. The maximum atomic E-state index is 5.12. The maximum absolute atomic E-state index is 5.12. The van der Waals surface area contributed by atoms with Gasteiger partial charge in [0, 0.05) is 45.1 Å². The highest BCUT2D eigenvalue weighted by Crippen LogP contribution is 2.25. The summed E-state index contributed by atoms with van der Waals surface area (Å²) in [6.07, 6.45) is 3.74. The highest BCUT2D eigenvalue weighted by molar-refractivity contribution is 5.48. The van der Waals surface area contributed by atoms with Crippen molar-refractivity contribution in [2.75, 3.05) is 45.3 Å². The number of methoxy groups -OCH3 is 1. The molecular weight excluding hydrogens is 236 g/mol. The Hall–Kier alpha value is -1.06. The third-order valence-electron chi connectivity index (χ3n) is 3.88. The van der Waals surface area contributed by atoms with Gasteiger partial charge in [-0.1, -0.05) is 18.2 Å². The molecule has 0 spiro atoms. The van der Waals surface area contributed by atoms with Gasteiger partial charge >= 0.3 is 0 Å². The van der Waals surface area contributed by atoms with Crippen LogP contribution in [0.3, 0.4) is 0 Å². The van der Waals surface area contributed by atoms with Crippen molar-refractivity contribution in [2.24, 2.45) is 0 Å². The Kier molecular flexibility index (Phi) is 5.67. The topological polar surface area (TPSA) is 15.7 Å². The molecule has 1 aliphatic rings. The minimum absolute atomic E-state index is 0.662. The summed E-state index contributed by atoms with van der Waals surface area (Å²) in [7, 11) is 3.99. The van der Waals surface area contributed by atoms with E-state index in [1.165, 1.54) is 25.1 Å². The van der Waals surface area contributed by atoms with Gasteiger partial charge in [0.05, 0.1) is 0 Å².